The number of rotatable bonds is 21. The number of hydrazone groups is 1. The molecule has 0 heterocycles. The number of hydrogen-bond acceptors (Lipinski definition) is 9. The Hall–Kier alpha value is -5.29. The van der Waals surface area contributed by atoms with Crippen LogP contribution >= 0.6 is 0 Å². The van der Waals surface area contributed by atoms with Crippen LogP contribution in [0.2, 0.25) is 0 Å². The molecule has 0 spiro atoms. The first-order chi connectivity index (χ1) is 23.8. The van der Waals surface area contributed by atoms with Crippen molar-refractivity contribution < 1.29 is 38.8 Å². The largest absolute Gasteiger partial charge is 0.449 e. The molecule has 17 nitrogen and oxygen atoms in total. The van der Waals surface area contributed by atoms with Crippen LogP contribution in [-0.2, 0) is 36.9 Å². The lowest BCUT2D eigenvalue weighted by Gasteiger charge is -2.26. The highest BCUT2D eigenvalue weighted by Gasteiger charge is 2.30. The van der Waals surface area contributed by atoms with E-state index < -0.39 is 59.0 Å². The minimum Gasteiger partial charge on any atom is -0.449 e. The summed E-state index contributed by atoms with van der Waals surface area (Å²) in [6.45, 7) is 5.47. The lowest BCUT2D eigenvalue weighted by Crippen LogP contribution is -2.57. The van der Waals surface area contributed by atoms with Gasteiger partial charge in [-0.2, -0.15) is 0 Å². The Morgan fingerprint density at radius 3 is 2.12 bits per heavy atom. The summed E-state index contributed by atoms with van der Waals surface area (Å²) in [5.41, 5.74) is 7.27. The van der Waals surface area contributed by atoms with Crippen molar-refractivity contribution in [1.29, 1.82) is 0 Å². The molecule has 4 amide bonds. The zero-order valence-corrected chi connectivity index (χ0v) is 28.5. The summed E-state index contributed by atoms with van der Waals surface area (Å²) in [5.74, 6) is -2.57. The molecule has 0 saturated carbocycles. The van der Waals surface area contributed by atoms with Crippen LogP contribution in [-0.4, -0.2) is 90.4 Å². The van der Waals surface area contributed by atoms with Gasteiger partial charge >= 0.3 is 6.09 Å². The Labute approximate surface area is 290 Å². The molecule has 8 N–H and O–H groups in total. The number of nitrogens with zero attached hydrogens (tertiary/aromatic N) is 2. The van der Waals surface area contributed by atoms with E-state index in [-0.39, 0.29) is 51.7 Å². The fraction of sp³-hybridized carbons (Fsp3) is 0.485. The van der Waals surface area contributed by atoms with E-state index in [4.69, 9.17) is 15.2 Å². The molecule has 0 radical (unpaired) electrons. The van der Waals surface area contributed by atoms with E-state index in [9.17, 15) is 34.4 Å². The molecule has 17 heteroatoms. The summed E-state index contributed by atoms with van der Waals surface area (Å²) in [7, 11) is 0. The second-order valence-corrected chi connectivity index (χ2v) is 11.8. The monoisotopic (exact) mass is 700 g/mol. The van der Waals surface area contributed by atoms with Crippen molar-refractivity contribution in [3.8, 4) is 0 Å². The third kappa shape index (κ3) is 16.7. The van der Waals surface area contributed by atoms with Gasteiger partial charge < -0.3 is 46.9 Å². The fourth-order valence-electron chi connectivity index (χ4n) is 4.40. The Kier molecular flexibility index (Phi) is 18.3. The molecule has 0 aromatic heterocycles. The number of nitrogens with one attached hydrogen (secondary N) is 5. The van der Waals surface area contributed by atoms with Gasteiger partial charge in [-0.05, 0) is 43.2 Å². The smallest absolute Gasteiger partial charge is 0.407 e. The Balaban J connectivity index is 2.06. The third-order valence-electron chi connectivity index (χ3n) is 7.03. The molecule has 4 atom stereocenters. The van der Waals surface area contributed by atoms with Gasteiger partial charge in [-0.3, -0.25) is 14.4 Å². The number of aliphatic hydroxyl groups is 1. The topological polar surface area (TPSA) is 249 Å². The number of alkyl carbamates (subject to hydrolysis) is 1. The maximum absolute atomic E-state index is 13.3. The number of carbonyl (C=O) groups excluding carboxylic acids is 4. The first kappa shape index (κ1) is 40.9. The Morgan fingerprint density at radius 2 is 1.50 bits per heavy atom. The van der Waals surface area contributed by atoms with Crippen LogP contribution < -0.4 is 32.3 Å². The molecule has 0 fully saturated rings. The number of guanidine groups is 1. The molecule has 0 bridgehead atoms. The van der Waals surface area contributed by atoms with Gasteiger partial charge in [-0.15, -0.1) is 0 Å². The maximum Gasteiger partial charge on any atom is 0.407 e. The van der Waals surface area contributed by atoms with E-state index in [0.29, 0.717) is 6.42 Å². The number of aliphatic hydroxyl groups excluding tert-OH is 1. The van der Waals surface area contributed by atoms with Gasteiger partial charge in [0.25, 0.3) is 11.9 Å². The third-order valence-corrected chi connectivity index (χ3v) is 7.03. The van der Waals surface area contributed by atoms with Gasteiger partial charge in [0.2, 0.25) is 11.8 Å². The molecule has 50 heavy (non-hydrogen) atoms. The van der Waals surface area contributed by atoms with E-state index in [1.807, 2.05) is 74.5 Å². The highest BCUT2D eigenvalue weighted by Crippen LogP contribution is 2.07. The fourth-order valence-corrected chi connectivity index (χ4v) is 4.40. The van der Waals surface area contributed by atoms with Crippen LogP contribution in [0.15, 0.2) is 65.8 Å². The summed E-state index contributed by atoms with van der Waals surface area (Å²) in [4.78, 5) is 62.3. The molecule has 0 aliphatic rings. The minimum atomic E-state index is -1.68. The standard InChI is InChI=1S/C33H48N8O9/c1-22(2)19-50-33(46)39-27(21-49-20-25-13-8-5-9-14-25)30(44)37-23(3)29(43)38-26(15-10-17-36-32(34)40-41(47)48)28(42)31(45)35-18-16-24-11-6-4-7-12-24/h4-9,11-14,22-23,26-28,42H,10,15-21H2,1-3H3,(H,35,45)(H,37,44)(H,38,43)(H,39,46)(H3,34,36,40). The van der Waals surface area contributed by atoms with Gasteiger partial charge in [0.05, 0.1) is 25.9 Å². The van der Waals surface area contributed by atoms with Crippen molar-refractivity contribution in [3.05, 3.63) is 81.9 Å². The molecule has 0 saturated heterocycles. The lowest BCUT2D eigenvalue weighted by atomic mass is 10.0. The second kappa shape index (κ2) is 22.4. The van der Waals surface area contributed by atoms with Crippen LogP contribution in [0, 0.1) is 16.0 Å². The predicted molar refractivity (Wildman–Crippen MR) is 184 cm³/mol. The highest BCUT2D eigenvalue weighted by atomic mass is 16.7. The van der Waals surface area contributed by atoms with Crippen LogP contribution in [0.3, 0.4) is 0 Å². The lowest BCUT2D eigenvalue weighted by molar-refractivity contribution is -0.485. The first-order valence-electron chi connectivity index (χ1n) is 16.2. The van der Waals surface area contributed by atoms with E-state index in [0.717, 1.165) is 11.1 Å². The van der Waals surface area contributed by atoms with E-state index in [1.165, 1.54) is 6.92 Å². The minimum absolute atomic E-state index is 0.0393. The Morgan fingerprint density at radius 1 is 0.860 bits per heavy atom. The first-order valence-corrected chi connectivity index (χ1v) is 16.2. The van der Waals surface area contributed by atoms with Crippen LogP contribution in [0.1, 0.15) is 44.7 Å². The van der Waals surface area contributed by atoms with Gasteiger partial charge in [-0.25, -0.2) is 14.9 Å². The molecule has 0 aliphatic heterocycles. The number of hydrogen-bond donors (Lipinski definition) is 7. The van der Waals surface area contributed by atoms with Crippen molar-refractivity contribution in [2.75, 3.05) is 26.3 Å². The highest BCUT2D eigenvalue weighted by molar-refractivity contribution is 5.91. The normalized spacial score (nSPS) is 13.7. The van der Waals surface area contributed by atoms with Gasteiger partial charge in [0, 0.05) is 13.1 Å². The van der Waals surface area contributed by atoms with Crippen LogP contribution in [0.5, 0.6) is 0 Å². The average Bonchev–Trinajstić information content (AvgIpc) is 3.08. The number of carbonyl (C=O) groups is 4. The van der Waals surface area contributed by atoms with Crippen molar-refractivity contribution in [1.82, 2.24) is 26.6 Å². The number of ether oxygens (including phenoxy) is 2. The molecular weight excluding hydrogens is 652 g/mol. The van der Waals surface area contributed by atoms with Crippen molar-refractivity contribution in [3.63, 3.8) is 0 Å². The molecule has 274 valence electrons. The van der Waals surface area contributed by atoms with Crippen LogP contribution in [0.4, 0.5) is 4.79 Å². The maximum atomic E-state index is 13.3. The summed E-state index contributed by atoms with van der Waals surface area (Å²) in [6, 6.07) is 15.1. The van der Waals surface area contributed by atoms with E-state index in [2.05, 4.69) is 31.7 Å². The average molecular weight is 701 g/mol. The summed E-state index contributed by atoms with van der Waals surface area (Å²) in [5, 5.41) is 36.2. The van der Waals surface area contributed by atoms with Crippen LogP contribution in [0.25, 0.3) is 0 Å². The molecular formula is C33H48N8O9. The van der Waals surface area contributed by atoms with Crippen molar-refractivity contribution in [2.24, 2.45) is 16.8 Å². The molecule has 4 unspecified atom stereocenters. The Bertz CT molecular complexity index is 1400. The summed E-state index contributed by atoms with van der Waals surface area (Å²) < 4.78 is 10.8. The zero-order valence-electron chi connectivity index (χ0n) is 28.5. The second-order valence-electron chi connectivity index (χ2n) is 11.8. The van der Waals surface area contributed by atoms with Crippen molar-refractivity contribution >= 4 is 29.8 Å². The number of nitro groups is 1. The molecule has 2 aromatic carbocycles. The van der Waals surface area contributed by atoms with E-state index >= 15 is 0 Å². The van der Waals surface area contributed by atoms with Gasteiger partial charge in [0.15, 0.2) is 11.1 Å². The number of amides is 4. The molecule has 2 rings (SSSR count). The molecule has 2 aromatic rings. The van der Waals surface area contributed by atoms with E-state index in [1.54, 1.807) is 0 Å². The zero-order chi connectivity index (χ0) is 36.9. The van der Waals surface area contributed by atoms with Crippen molar-refractivity contribution in [2.45, 2.75) is 70.9 Å². The summed E-state index contributed by atoms with van der Waals surface area (Å²) >= 11 is 0. The predicted octanol–water partition coefficient (Wildman–Crippen LogP) is 0.540. The number of nitrogens with two attached hydrogens (primary N) is 1. The van der Waals surface area contributed by atoms with Gasteiger partial charge in [-0.1, -0.05) is 74.5 Å². The summed E-state index contributed by atoms with van der Waals surface area (Å²) in [6.07, 6.45) is -1.76. The van der Waals surface area contributed by atoms with Gasteiger partial charge in [0.1, 0.15) is 17.2 Å². The SMILES string of the molecule is CC(C)COC(=O)NC(COCc1ccccc1)C(=O)NC(C)C(=O)NC(CCCN/C(N)=N/[N+](=O)[O-])C(O)C(=O)NCCc1ccccc1. The number of benzene rings is 2. The molecule has 0 aliphatic carbocycles. The quantitative estimate of drug-likeness (QED) is 0.0311.